The molecule has 1 saturated heterocycles. The van der Waals surface area contributed by atoms with Gasteiger partial charge in [-0.1, -0.05) is 36.7 Å². The van der Waals surface area contributed by atoms with Gasteiger partial charge in [0.05, 0.1) is 70.7 Å². The maximum atomic E-state index is 16.5. The molecule has 25 atom stereocenters. The molecule has 1 aliphatic heterocycles. The molecule has 0 radical (unpaired) electrons. The summed E-state index contributed by atoms with van der Waals surface area (Å²) in [4.78, 5) is 65.3. The number of alkyl halides is 4. The van der Waals surface area contributed by atoms with E-state index in [0.717, 1.165) is 155 Å². The summed E-state index contributed by atoms with van der Waals surface area (Å²) in [5.41, 5.74) is -2.74. The van der Waals surface area contributed by atoms with Gasteiger partial charge in [-0.15, -0.1) is 0 Å². The van der Waals surface area contributed by atoms with Crippen LogP contribution in [0.5, 0.6) is 0 Å². The number of Topliss-reactive ketones (excluding diaryl/α,β-unsaturated/α-hetero) is 3. The van der Waals surface area contributed by atoms with E-state index < -0.39 is 45.9 Å². The quantitative estimate of drug-likeness (QED) is 0.0454. The number of rotatable bonds is 9. The second kappa shape index (κ2) is 34.1. The van der Waals surface area contributed by atoms with Crippen molar-refractivity contribution < 1.29 is 167 Å². The number of ketones is 3. The number of aromatic nitrogens is 9. The molecular weight excluding hydrogens is 1530 g/mol. The van der Waals surface area contributed by atoms with Gasteiger partial charge < -0.3 is 31.6 Å². The summed E-state index contributed by atoms with van der Waals surface area (Å²) in [7, 11) is 0. The van der Waals surface area contributed by atoms with E-state index in [1.54, 1.807) is 58.9 Å². The zero-order valence-corrected chi connectivity index (χ0v) is 74.6. The van der Waals surface area contributed by atoms with Crippen LogP contribution in [0.1, 0.15) is 229 Å². The van der Waals surface area contributed by atoms with E-state index in [1.165, 1.54) is 0 Å². The number of hydrogen-bond acceptors (Lipinski definition) is 16. The first-order valence-corrected chi connectivity index (χ1v) is 42.6. The standard InChI is InChI=1S/2C27H36FN3O2.C21H32BrFO2.C6H5N3.C5H8O4.2K.H/c1-25(33)10-11-27(28)18(13-25)3-4-19-20-5-6-22(26(20,2)9-7-21(19)27)24(32)16-31-15-17-8-12-29-14-23(17)30-31;1-25(33)10-11-27(28)18(13-25)3-4-19-20-5-6-22(26(20,2)9-7-21(19)27)24(32)16-31-23-15-29-12-8-17(23)14-30-31;1-19(25)9-10-21(23)13(11-19)3-4-14-15-5-6-17(18(24)12-22)20(15,2)8-7-16(14)21;1-2-7-4-6-5(1)3-8-9-6;6-5(9-7)4-2-1-3-8-4;;;/h2*8,12,14-15,18-22,33H,3-7,9-11,13,16H2,1-2H3;13-17,25H,3-12H2,1-2H3;1-4H,(H,8,9);4,7H,1-3H2;;;/q;;;;;2*+1;-1/p-1/t2*18-,19+,20+,21+,22-,25-,26+,27-;13-,14+,15+,16?,17-,19-,20+,21-;;;;;/m111...../s1. The number of aromatic amines is 1. The number of halogens is 4. The Labute approximate surface area is 746 Å². The summed E-state index contributed by atoms with van der Waals surface area (Å²) in [5.74, 6) is 3.25. The van der Waals surface area contributed by atoms with Crippen LogP contribution in [0.3, 0.4) is 0 Å². The van der Waals surface area contributed by atoms with Crippen LogP contribution in [0.4, 0.5) is 13.2 Å². The Hall–Kier alpha value is -2.32. The van der Waals surface area contributed by atoms with E-state index >= 15 is 13.2 Å². The van der Waals surface area contributed by atoms with Crippen LogP contribution in [0.2, 0.25) is 0 Å². The van der Waals surface area contributed by atoms with Crippen LogP contribution in [0.25, 0.3) is 32.7 Å². The fourth-order valence-corrected chi connectivity index (χ4v) is 27.2. The zero-order valence-electron chi connectivity index (χ0n) is 67.8. The first kappa shape index (κ1) is 86.5. The van der Waals surface area contributed by atoms with Gasteiger partial charge >= 0.3 is 109 Å². The van der Waals surface area contributed by atoms with E-state index in [-0.39, 0.29) is 185 Å². The number of carbonyl (C=O) groups is 4. The van der Waals surface area contributed by atoms with Crippen LogP contribution in [-0.4, -0.2) is 135 Å². The second-order valence-electron chi connectivity index (χ2n) is 38.1. The molecule has 0 amide bonds. The number of aliphatic hydroxyl groups is 3. The summed E-state index contributed by atoms with van der Waals surface area (Å²) in [5, 5.41) is 60.3. The van der Waals surface area contributed by atoms with Crippen molar-refractivity contribution in [3.63, 3.8) is 0 Å². The SMILES string of the molecule is C[C@@]1(O)CC[C@@]2(F)[C@H](CC[C@H]3[C@@H]4CC[C@H](C(=O)Cn5cc6ccncc6n5)[C@@]4(C)CC[C@@H]32)C1.C[C@@]1(O)CC[C@@]2(F)[C@H](CC[C@H]3[C@@H]4CC[C@H](C(=O)Cn5ncc6ccncc65)[C@@]4(C)CC[C@@H]32)C1.C[C@@]1(O)CC[C@]2(F)C3CC[C@]4(C)[C@@H](C(=O)CBr)CC[C@H]4[C@@H]3CC[C@@H]2C1.O=C(O[O-])C1CCCO1.[H-].[K+].[K+].c1cc2cn[nH]c2cn1. The molecule has 111 heavy (non-hydrogen) atoms. The van der Waals surface area contributed by atoms with Crippen molar-refractivity contribution in [1.82, 2.24) is 44.7 Å². The third kappa shape index (κ3) is 16.7. The summed E-state index contributed by atoms with van der Waals surface area (Å²) in [6, 6.07) is 5.76. The Morgan fingerprint density at radius 3 is 1.44 bits per heavy atom. The maximum Gasteiger partial charge on any atom is 1.00 e. The Balaban J connectivity index is 0.000000139. The number of hydrogen-bond donors (Lipinski definition) is 4. The zero-order chi connectivity index (χ0) is 76.8. The van der Waals surface area contributed by atoms with Gasteiger partial charge in [0.1, 0.15) is 34.9 Å². The monoisotopic (exact) mass is 1650 g/mol. The van der Waals surface area contributed by atoms with Crippen molar-refractivity contribution in [2.75, 3.05) is 11.9 Å². The third-order valence-corrected chi connectivity index (χ3v) is 32.7. The van der Waals surface area contributed by atoms with Gasteiger partial charge in [0, 0.05) is 65.3 Å². The molecule has 7 heterocycles. The molecule has 6 aromatic rings. The average Bonchev–Trinajstić information content (AvgIpc) is 1.62. The predicted octanol–water partition coefficient (Wildman–Crippen LogP) is 9.35. The van der Waals surface area contributed by atoms with Crippen molar-refractivity contribution in [2.45, 2.75) is 281 Å². The van der Waals surface area contributed by atoms with Crippen molar-refractivity contribution in [1.29, 1.82) is 0 Å². The minimum atomic E-state index is -1.13. The number of carbonyl (C=O) groups excluding carboxylic acids is 4. The van der Waals surface area contributed by atoms with Gasteiger partial charge in [-0.2, -0.15) is 15.3 Å². The molecule has 4 N–H and O–H groups in total. The average molecular weight is 1650 g/mol. The topological polar surface area (TPSA) is 273 Å². The minimum Gasteiger partial charge on any atom is -1.00 e. The normalized spacial score (nSPS) is 42.0. The minimum absolute atomic E-state index is 0. The van der Waals surface area contributed by atoms with E-state index in [9.17, 15) is 39.8 Å². The van der Waals surface area contributed by atoms with Gasteiger partial charge in [-0.25, -0.2) is 18.0 Å². The van der Waals surface area contributed by atoms with Gasteiger partial charge in [0.25, 0.3) is 0 Å². The van der Waals surface area contributed by atoms with Crippen molar-refractivity contribution in [2.24, 2.45) is 105 Å². The maximum absolute atomic E-state index is 16.5. The molecule has 12 saturated carbocycles. The van der Waals surface area contributed by atoms with Crippen LogP contribution >= 0.6 is 15.9 Å². The van der Waals surface area contributed by atoms with Crippen molar-refractivity contribution in [3.8, 4) is 0 Å². The molecule has 0 bridgehead atoms. The molecule has 19 rings (SSSR count). The van der Waals surface area contributed by atoms with Gasteiger partial charge in [-0.3, -0.25) is 43.8 Å². The van der Waals surface area contributed by atoms with Crippen LogP contribution < -0.4 is 108 Å². The molecule has 13 fully saturated rings. The first-order chi connectivity index (χ1) is 51.9. The molecule has 0 aromatic carbocycles. The van der Waals surface area contributed by atoms with E-state index in [2.05, 4.69) is 76.9 Å². The summed E-state index contributed by atoms with van der Waals surface area (Å²) >= 11 is 3.37. The Kier molecular flexibility index (Phi) is 26.6. The number of ether oxygens (including phenoxy) is 1. The Morgan fingerprint density at radius 1 is 0.541 bits per heavy atom. The first-order valence-electron chi connectivity index (χ1n) is 41.5. The molecule has 19 nitrogen and oxygen atoms in total. The molecule has 25 heteroatoms. The Bertz CT molecular complexity index is 4230. The largest absolute Gasteiger partial charge is 1.00 e. The number of H-pyrrole nitrogens is 1. The van der Waals surface area contributed by atoms with E-state index in [0.29, 0.717) is 131 Å². The van der Waals surface area contributed by atoms with Crippen molar-refractivity contribution >= 4 is 72.0 Å². The smallest absolute Gasteiger partial charge is 1.00 e. The van der Waals surface area contributed by atoms with Gasteiger partial charge in [0.15, 0.2) is 17.7 Å². The molecule has 12 aliphatic carbocycles. The Morgan fingerprint density at radius 2 is 0.991 bits per heavy atom. The summed E-state index contributed by atoms with van der Waals surface area (Å²) in [6.07, 6.45) is 39.4. The molecule has 13 aliphatic rings. The molecule has 2 unspecified atom stereocenters. The molecule has 596 valence electrons. The fraction of sp³-hybridized carbons (Fsp3) is 0.744. The summed E-state index contributed by atoms with van der Waals surface area (Å²) in [6.45, 7) is 13.7. The van der Waals surface area contributed by atoms with Crippen LogP contribution in [0, 0.1) is 105 Å². The molecule has 0 spiro atoms. The molecule has 6 aromatic heterocycles. The number of fused-ring (bicyclic) bond motifs is 18. The second-order valence-corrected chi connectivity index (χ2v) is 38.7. The van der Waals surface area contributed by atoms with Gasteiger partial charge in [0.2, 0.25) is 0 Å². The number of nitrogens with one attached hydrogen (secondary N) is 1. The third-order valence-electron chi connectivity index (χ3n) is 32.2. The van der Waals surface area contributed by atoms with Crippen LogP contribution in [0.15, 0.2) is 74.0 Å². The predicted molar refractivity (Wildman–Crippen MR) is 409 cm³/mol. The van der Waals surface area contributed by atoms with E-state index in [1.807, 2.05) is 45.2 Å². The van der Waals surface area contributed by atoms with E-state index in [4.69, 9.17) is 4.74 Å². The fourth-order valence-electron chi connectivity index (χ4n) is 26.8. The van der Waals surface area contributed by atoms with Crippen LogP contribution in [-0.2, 0) is 41.9 Å². The number of pyridine rings is 3. The summed E-state index contributed by atoms with van der Waals surface area (Å²) < 4.78 is 57.7. The van der Waals surface area contributed by atoms with Crippen molar-refractivity contribution in [3.05, 3.63) is 74.0 Å². The molecular formula is C86H117BrF3K2N9O10. The van der Waals surface area contributed by atoms with Gasteiger partial charge in [-0.05, 0) is 312 Å². The number of nitrogens with zero attached hydrogens (tertiary/aromatic N) is 8.